The molecule has 6 atom stereocenters. The second-order valence-corrected chi connectivity index (χ2v) is 13.8. The molecular formula is C39H53ClN4O8. The lowest BCUT2D eigenvalue weighted by Crippen LogP contribution is -2.51. The van der Waals surface area contributed by atoms with E-state index < -0.39 is 70.9 Å². The summed E-state index contributed by atoms with van der Waals surface area (Å²) in [7, 11) is 0. The summed E-state index contributed by atoms with van der Waals surface area (Å²) in [6, 6.07) is 11.8. The highest BCUT2D eigenvalue weighted by atomic mass is 35.5. The number of Topliss-reactive ketones (excluding diaryl/α,β-unsaturated/α-hetero) is 5. The SMILES string of the molecule is CCCC(=O)C(=O)[C@H](C)CC(=O)[C@H](CCCCN)NC(=O)[C@H](C)CC(=O)[C@@H](NC(=O)[C@H](CN)CC(=O)c1ccc(-c2ccc(Cl)cc2)cc1)[C@@H](C)O. The van der Waals surface area contributed by atoms with Gasteiger partial charge in [-0.2, -0.15) is 0 Å². The molecule has 0 aliphatic heterocycles. The quantitative estimate of drug-likeness (QED) is 0.0597. The summed E-state index contributed by atoms with van der Waals surface area (Å²) in [6.07, 6.45) is -0.201. The number of unbranched alkanes of at least 4 members (excludes halogenated alkanes) is 1. The molecule has 284 valence electrons. The van der Waals surface area contributed by atoms with E-state index in [1.54, 1.807) is 43.3 Å². The molecule has 12 nitrogen and oxygen atoms in total. The van der Waals surface area contributed by atoms with E-state index in [0.29, 0.717) is 36.4 Å². The summed E-state index contributed by atoms with van der Waals surface area (Å²) in [5.74, 6) is -6.65. The highest BCUT2D eigenvalue weighted by molar-refractivity contribution is 6.38. The third kappa shape index (κ3) is 13.8. The van der Waals surface area contributed by atoms with Crippen LogP contribution in [0.15, 0.2) is 48.5 Å². The normalized spacial score (nSPS) is 14.6. The number of aliphatic hydroxyl groups is 1. The van der Waals surface area contributed by atoms with Crippen molar-refractivity contribution in [2.24, 2.45) is 29.2 Å². The summed E-state index contributed by atoms with van der Waals surface area (Å²) in [5, 5.41) is 16.2. The lowest BCUT2D eigenvalue weighted by molar-refractivity contribution is -0.140. The molecule has 0 aliphatic rings. The number of benzene rings is 2. The molecule has 2 rings (SSSR count). The van der Waals surface area contributed by atoms with Gasteiger partial charge in [0.25, 0.3) is 0 Å². The first kappa shape index (κ1) is 44.1. The maximum absolute atomic E-state index is 13.3. The number of amides is 2. The Morgan fingerprint density at radius 1 is 0.750 bits per heavy atom. The largest absolute Gasteiger partial charge is 0.391 e. The lowest BCUT2D eigenvalue weighted by Gasteiger charge is -2.25. The van der Waals surface area contributed by atoms with Gasteiger partial charge in [-0.1, -0.05) is 68.8 Å². The highest BCUT2D eigenvalue weighted by Gasteiger charge is 2.33. The number of nitrogens with two attached hydrogens (primary N) is 2. The van der Waals surface area contributed by atoms with Crippen LogP contribution in [0.25, 0.3) is 11.1 Å². The van der Waals surface area contributed by atoms with E-state index in [9.17, 15) is 38.7 Å². The minimum Gasteiger partial charge on any atom is -0.391 e. The summed E-state index contributed by atoms with van der Waals surface area (Å²) in [6.45, 7) is 6.26. The standard InChI is InChI=1S/C39H53ClN4O8/c1-5-8-32(46)37(50)23(2)19-34(48)31(9-6-7-18-41)43-38(51)24(3)20-35(49)36(25(4)45)44-39(52)29(22-42)21-33(47)28-12-10-26(11-13-28)27-14-16-30(40)17-15-27/h10-17,23-25,29,31,36,45H,5-9,18-22,41-42H2,1-4H3,(H,43,51)(H,44,52)/t23-,24-,25-,29+,31+,36+/m1/s1. The highest BCUT2D eigenvalue weighted by Crippen LogP contribution is 2.23. The van der Waals surface area contributed by atoms with Crippen LogP contribution in [0.3, 0.4) is 0 Å². The van der Waals surface area contributed by atoms with Crippen LogP contribution in [0, 0.1) is 17.8 Å². The van der Waals surface area contributed by atoms with Gasteiger partial charge in [0.15, 0.2) is 23.1 Å². The molecule has 52 heavy (non-hydrogen) atoms. The topological polar surface area (TPSA) is 216 Å². The molecule has 0 heterocycles. The van der Waals surface area contributed by atoms with Gasteiger partial charge in [0.1, 0.15) is 6.04 Å². The average molecular weight is 741 g/mol. The molecule has 2 amide bonds. The Balaban J connectivity index is 2.04. The zero-order valence-electron chi connectivity index (χ0n) is 30.5. The van der Waals surface area contributed by atoms with Crippen LogP contribution in [-0.2, 0) is 28.8 Å². The number of carbonyl (C=O) groups excluding carboxylic acids is 7. The fourth-order valence-corrected chi connectivity index (χ4v) is 5.79. The van der Waals surface area contributed by atoms with Gasteiger partial charge in [-0.25, -0.2) is 0 Å². The lowest BCUT2D eigenvalue weighted by atomic mass is 9.91. The zero-order valence-corrected chi connectivity index (χ0v) is 31.2. The monoisotopic (exact) mass is 740 g/mol. The van der Waals surface area contributed by atoms with Crippen molar-refractivity contribution >= 4 is 52.3 Å². The molecule has 2 aromatic carbocycles. The van der Waals surface area contributed by atoms with Crippen LogP contribution in [-0.4, -0.2) is 77.1 Å². The Morgan fingerprint density at radius 3 is 1.87 bits per heavy atom. The first-order valence-electron chi connectivity index (χ1n) is 17.8. The number of aliphatic hydroxyl groups excluding tert-OH is 1. The Bertz CT molecular complexity index is 1540. The second kappa shape index (κ2) is 22.1. The van der Waals surface area contributed by atoms with Gasteiger partial charge in [-0.15, -0.1) is 0 Å². The zero-order chi connectivity index (χ0) is 39.0. The summed E-state index contributed by atoms with van der Waals surface area (Å²) < 4.78 is 0. The average Bonchev–Trinajstić information content (AvgIpc) is 3.11. The summed E-state index contributed by atoms with van der Waals surface area (Å²) in [5.41, 5.74) is 13.6. The maximum Gasteiger partial charge on any atom is 0.225 e. The van der Waals surface area contributed by atoms with E-state index in [0.717, 1.165) is 11.1 Å². The van der Waals surface area contributed by atoms with Gasteiger partial charge < -0.3 is 27.2 Å². The van der Waals surface area contributed by atoms with Crippen molar-refractivity contribution in [1.29, 1.82) is 0 Å². The van der Waals surface area contributed by atoms with Gasteiger partial charge in [0.05, 0.1) is 18.1 Å². The van der Waals surface area contributed by atoms with Crippen LogP contribution in [0.5, 0.6) is 0 Å². The van der Waals surface area contributed by atoms with Crippen LogP contribution in [0.2, 0.25) is 5.02 Å². The summed E-state index contributed by atoms with van der Waals surface area (Å²) in [4.78, 5) is 90.5. The molecule has 0 spiro atoms. The number of carbonyl (C=O) groups is 7. The molecule has 2 aromatic rings. The Kier molecular flexibility index (Phi) is 18.7. The van der Waals surface area contributed by atoms with E-state index in [2.05, 4.69) is 10.6 Å². The third-order valence-corrected chi connectivity index (χ3v) is 9.16. The van der Waals surface area contributed by atoms with Crippen molar-refractivity contribution in [2.45, 2.75) is 97.2 Å². The fraction of sp³-hybridized carbons (Fsp3) is 0.513. The van der Waals surface area contributed by atoms with Crippen molar-refractivity contribution in [3.8, 4) is 11.1 Å². The number of halogens is 1. The summed E-state index contributed by atoms with van der Waals surface area (Å²) >= 11 is 5.97. The molecule has 0 bridgehead atoms. The molecule has 0 saturated heterocycles. The molecule has 13 heteroatoms. The molecule has 7 N–H and O–H groups in total. The third-order valence-electron chi connectivity index (χ3n) is 8.91. The van der Waals surface area contributed by atoms with E-state index in [4.69, 9.17) is 23.1 Å². The van der Waals surface area contributed by atoms with E-state index >= 15 is 0 Å². The van der Waals surface area contributed by atoms with Crippen molar-refractivity contribution in [2.75, 3.05) is 13.1 Å². The molecular weight excluding hydrogens is 688 g/mol. The van der Waals surface area contributed by atoms with Gasteiger partial charge in [-0.3, -0.25) is 33.6 Å². The van der Waals surface area contributed by atoms with Gasteiger partial charge >= 0.3 is 0 Å². The Hall–Kier alpha value is -4.10. The van der Waals surface area contributed by atoms with Crippen LogP contribution in [0.4, 0.5) is 0 Å². The van der Waals surface area contributed by atoms with Gasteiger partial charge in [-0.05, 0) is 62.4 Å². The van der Waals surface area contributed by atoms with E-state index in [-0.39, 0.29) is 44.4 Å². The van der Waals surface area contributed by atoms with Crippen molar-refractivity contribution < 1.29 is 38.7 Å². The predicted octanol–water partition coefficient (Wildman–Crippen LogP) is 3.76. The Morgan fingerprint density at radius 2 is 1.33 bits per heavy atom. The molecule has 0 saturated carbocycles. The van der Waals surface area contributed by atoms with Crippen LogP contribution >= 0.6 is 11.6 Å². The van der Waals surface area contributed by atoms with Crippen molar-refractivity contribution in [3.05, 3.63) is 59.1 Å². The fourth-order valence-electron chi connectivity index (χ4n) is 5.66. The second-order valence-electron chi connectivity index (χ2n) is 13.4. The van der Waals surface area contributed by atoms with Crippen molar-refractivity contribution in [3.63, 3.8) is 0 Å². The molecule has 0 aliphatic carbocycles. The molecule has 0 radical (unpaired) electrons. The smallest absolute Gasteiger partial charge is 0.225 e. The van der Waals surface area contributed by atoms with E-state index in [1.165, 1.54) is 20.8 Å². The first-order chi connectivity index (χ1) is 24.6. The van der Waals surface area contributed by atoms with Crippen LogP contribution in [0.1, 0.15) is 89.4 Å². The van der Waals surface area contributed by atoms with E-state index in [1.807, 2.05) is 12.1 Å². The molecule has 0 unspecified atom stereocenters. The van der Waals surface area contributed by atoms with Crippen LogP contribution < -0.4 is 22.1 Å². The number of hydrogen-bond acceptors (Lipinski definition) is 10. The molecule has 0 aromatic heterocycles. The van der Waals surface area contributed by atoms with Gasteiger partial charge in [0.2, 0.25) is 17.6 Å². The maximum atomic E-state index is 13.3. The number of nitrogens with one attached hydrogen (secondary N) is 2. The van der Waals surface area contributed by atoms with Gasteiger partial charge in [0, 0.05) is 54.6 Å². The van der Waals surface area contributed by atoms with Crippen molar-refractivity contribution in [1.82, 2.24) is 10.6 Å². The number of ketones is 5. The molecule has 0 fully saturated rings. The number of rotatable bonds is 24. The minimum absolute atomic E-state index is 0.0965. The minimum atomic E-state index is -1.39. The number of hydrogen-bond donors (Lipinski definition) is 5. The predicted molar refractivity (Wildman–Crippen MR) is 199 cm³/mol. The first-order valence-corrected chi connectivity index (χ1v) is 18.2. The Labute approximate surface area is 310 Å².